The Labute approximate surface area is 591 Å². The van der Waals surface area contributed by atoms with Gasteiger partial charge in [-0.25, -0.2) is 0 Å². The zero-order valence-corrected chi connectivity index (χ0v) is 63.7. The SMILES string of the molecule is CCC(C)(NC(=O)C1CCCN1C(C)=O)C(=O)NC(C)(CC)C(=O)NCCC(=O)NCC(=O)NC(C)(C)C(=O)NC(C)(C)C(=O)NC(C)(CC)C(=O)NC(C)(C)C(=O)NC(C)(C)C(=O)NC(C)(C)C(=O)N1CCCC1C(=O)NC(C)(CC)C(=O)NC(CC(C)C)CN1CCC[N+]2=C1CCC2. The van der Waals surface area contributed by atoms with Crippen LogP contribution < -0.4 is 63.8 Å². The van der Waals surface area contributed by atoms with E-state index >= 15 is 0 Å². The van der Waals surface area contributed by atoms with Crippen molar-refractivity contribution >= 4 is 88.5 Å². The van der Waals surface area contributed by atoms with Crippen LogP contribution in [0.4, 0.5) is 0 Å². The molecule has 30 heteroatoms. The predicted octanol–water partition coefficient (Wildman–Crippen LogP) is 0.666. The number of nitrogens with zero attached hydrogens (tertiary/aromatic N) is 4. The standard InChI is InChI=1S/C70H120N16O14/c1-22-67(18,82-60(99)69(20,24-3)76-51(90)46-30-26-38-85(46)44(7)87)57(96)71-34-33-48(88)72-41-49(89)74-62(8,9)53(92)77-65(14,15)56(95)81-70(21,25-4)59(98)80-64(12,13)54(93)78-63(10,11)55(94)79-66(16,17)61(100)86-39-27-31-47(86)52(91)75-68(19,23-2)58(97)73-45(40-43(5)6)42-84-37-29-36-83-35-28-32-50(83)84/h43,45-47H,22-42H2,1-21H3,(H11-,71,72,73,74,75,76,77,78,79,80,81,82,88,89,90,91,92,93,94,95,96,97,98,99)/p+1. The molecule has 0 spiro atoms. The van der Waals surface area contributed by atoms with Gasteiger partial charge in [0.05, 0.1) is 38.6 Å². The molecule has 0 bridgehead atoms. The molecule has 0 aromatic rings. The minimum absolute atomic E-state index is 0.00576. The number of carbonyl (C=O) groups excluding carboxylic acids is 14. The lowest BCUT2D eigenvalue weighted by atomic mass is 9.91. The van der Waals surface area contributed by atoms with Crippen LogP contribution >= 0.6 is 0 Å². The largest absolute Gasteiger partial charge is 0.354 e. The molecular formula is C70H121N16O14+. The molecule has 7 atom stereocenters. The number of hydrogen-bond donors (Lipinski definition) is 12. The van der Waals surface area contributed by atoms with E-state index in [4.69, 9.17) is 0 Å². The van der Waals surface area contributed by atoms with Crippen LogP contribution in [-0.4, -0.2) is 228 Å². The van der Waals surface area contributed by atoms with Gasteiger partial charge < -0.3 is 73.6 Å². The minimum atomic E-state index is -1.72. The fraction of sp³-hybridized carbons (Fsp3) is 0.786. The minimum Gasteiger partial charge on any atom is -0.354 e. The average molecular weight is 1410 g/mol. The zero-order chi connectivity index (χ0) is 76.1. The van der Waals surface area contributed by atoms with Crippen molar-refractivity contribution in [3.63, 3.8) is 0 Å². The maximum Gasteiger partial charge on any atom is 0.248 e. The predicted molar refractivity (Wildman–Crippen MR) is 376 cm³/mol. The smallest absolute Gasteiger partial charge is 0.248 e. The summed E-state index contributed by atoms with van der Waals surface area (Å²) in [5.74, 6) is -7.08. The topological polar surface area (TPSA) is 396 Å². The third-order valence-electron chi connectivity index (χ3n) is 20.2. The Hall–Kier alpha value is -7.95. The monoisotopic (exact) mass is 1410 g/mol. The highest BCUT2D eigenvalue weighted by atomic mass is 16.2. The first-order valence-electron chi connectivity index (χ1n) is 35.7. The second-order valence-electron chi connectivity index (χ2n) is 31.5. The third-order valence-corrected chi connectivity index (χ3v) is 20.2. The lowest BCUT2D eigenvalue weighted by Crippen LogP contribution is -2.69. The fourth-order valence-corrected chi connectivity index (χ4v) is 12.4. The van der Waals surface area contributed by atoms with E-state index in [1.165, 1.54) is 113 Å². The van der Waals surface area contributed by atoms with Gasteiger partial charge in [-0.3, -0.25) is 76.6 Å². The van der Waals surface area contributed by atoms with Crippen LogP contribution in [0.2, 0.25) is 0 Å². The summed E-state index contributed by atoms with van der Waals surface area (Å²) in [6.07, 6.45) is 6.16. The van der Waals surface area contributed by atoms with Gasteiger partial charge in [-0.2, -0.15) is 0 Å². The van der Waals surface area contributed by atoms with Crippen molar-refractivity contribution in [1.29, 1.82) is 0 Å². The average Bonchev–Trinajstić information content (AvgIpc) is 1.26. The van der Waals surface area contributed by atoms with Crippen LogP contribution in [0, 0.1) is 5.92 Å². The number of nitrogens with one attached hydrogen (secondary N) is 12. The van der Waals surface area contributed by atoms with E-state index in [9.17, 15) is 67.1 Å². The maximum atomic E-state index is 14.4. The number of rotatable bonds is 34. The van der Waals surface area contributed by atoms with Crippen molar-refractivity contribution in [1.82, 2.24) is 78.5 Å². The molecule has 7 unspecified atom stereocenters. The zero-order valence-electron chi connectivity index (χ0n) is 63.7. The second-order valence-corrected chi connectivity index (χ2v) is 31.5. The van der Waals surface area contributed by atoms with E-state index in [1.54, 1.807) is 27.7 Å². The molecule has 4 aliphatic rings. The lowest BCUT2D eigenvalue weighted by Gasteiger charge is -2.39. The summed E-state index contributed by atoms with van der Waals surface area (Å²) in [5, 5.41) is 32.8. The van der Waals surface area contributed by atoms with Crippen molar-refractivity contribution in [2.24, 2.45) is 5.92 Å². The Morgan fingerprint density at radius 3 is 1.36 bits per heavy atom. The molecule has 564 valence electrons. The summed E-state index contributed by atoms with van der Waals surface area (Å²) < 4.78 is 2.44. The highest BCUT2D eigenvalue weighted by Gasteiger charge is 2.49. The van der Waals surface area contributed by atoms with Gasteiger partial charge in [-0.1, -0.05) is 41.5 Å². The number of hydrogen-bond acceptors (Lipinski definition) is 15. The van der Waals surface area contributed by atoms with Crippen molar-refractivity contribution in [2.45, 2.75) is 297 Å². The van der Waals surface area contributed by atoms with Crippen molar-refractivity contribution < 1.29 is 71.7 Å². The Bertz CT molecular complexity index is 3140. The molecule has 0 radical (unpaired) electrons. The molecule has 0 aliphatic carbocycles. The first-order valence-corrected chi connectivity index (χ1v) is 35.7. The molecule has 30 nitrogen and oxygen atoms in total. The second kappa shape index (κ2) is 33.7. The molecule has 0 aromatic carbocycles. The van der Waals surface area contributed by atoms with E-state index in [0.717, 1.165) is 45.3 Å². The molecule has 2 fully saturated rings. The van der Waals surface area contributed by atoms with Gasteiger partial charge in [0.25, 0.3) is 0 Å². The first-order chi connectivity index (χ1) is 46.0. The fourth-order valence-electron chi connectivity index (χ4n) is 12.4. The normalized spacial score (nSPS) is 19.4. The van der Waals surface area contributed by atoms with Crippen LogP contribution in [0.5, 0.6) is 0 Å². The van der Waals surface area contributed by atoms with Gasteiger partial charge in [0.1, 0.15) is 68.5 Å². The Balaban J connectivity index is 1.27. The van der Waals surface area contributed by atoms with E-state index in [2.05, 4.69) is 87.1 Å². The van der Waals surface area contributed by atoms with E-state index in [-0.39, 0.29) is 63.0 Å². The lowest BCUT2D eigenvalue weighted by molar-refractivity contribution is -0.530. The molecule has 12 N–H and O–H groups in total. The van der Waals surface area contributed by atoms with Crippen LogP contribution in [0.25, 0.3) is 0 Å². The van der Waals surface area contributed by atoms with Crippen molar-refractivity contribution in [3.05, 3.63) is 0 Å². The quantitative estimate of drug-likeness (QED) is 0.0394. The Morgan fingerprint density at radius 2 is 0.860 bits per heavy atom. The van der Waals surface area contributed by atoms with Crippen LogP contribution in [-0.2, 0) is 67.1 Å². The van der Waals surface area contributed by atoms with Crippen LogP contribution in [0.1, 0.15) is 229 Å². The molecule has 100 heavy (non-hydrogen) atoms. The van der Waals surface area contributed by atoms with Gasteiger partial charge in [0.15, 0.2) is 0 Å². The molecular weight excluding hydrogens is 1290 g/mol. The van der Waals surface area contributed by atoms with E-state index < -0.39 is 139 Å². The third kappa shape index (κ3) is 21.5. The highest BCUT2D eigenvalue weighted by Crippen LogP contribution is 2.27. The molecule has 0 aromatic heterocycles. The summed E-state index contributed by atoms with van der Waals surface area (Å²) in [6, 6.07) is -1.81. The van der Waals surface area contributed by atoms with E-state index in [0.29, 0.717) is 44.7 Å². The first kappa shape index (κ1) is 84.5. The Morgan fingerprint density at radius 1 is 0.450 bits per heavy atom. The summed E-state index contributed by atoms with van der Waals surface area (Å²) in [6.45, 7) is 36.2. The molecule has 0 saturated carbocycles. The molecule has 4 aliphatic heterocycles. The van der Waals surface area contributed by atoms with Gasteiger partial charge in [-0.05, 0) is 167 Å². The van der Waals surface area contributed by atoms with Crippen LogP contribution in [0.3, 0.4) is 0 Å². The van der Waals surface area contributed by atoms with Gasteiger partial charge in [0, 0.05) is 39.4 Å². The molecule has 2 saturated heterocycles. The summed E-state index contributed by atoms with van der Waals surface area (Å²) >= 11 is 0. The highest BCUT2D eigenvalue weighted by molar-refractivity contribution is 6.03. The van der Waals surface area contributed by atoms with Crippen molar-refractivity contribution in [3.8, 4) is 0 Å². The number of carbonyl (C=O) groups is 14. The van der Waals surface area contributed by atoms with E-state index in [1.807, 2.05) is 6.92 Å². The number of amides is 14. The van der Waals surface area contributed by atoms with Gasteiger partial charge >= 0.3 is 0 Å². The van der Waals surface area contributed by atoms with Gasteiger partial charge in [0.2, 0.25) is 88.5 Å². The summed E-state index contributed by atoms with van der Waals surface area (Å²) in [4.78, 5) is 197. The maximum absolute atomic E-state index is 14.4. The van der Waals surface area contributed by atoms with Crippen LogP contribution in [0.15, 0.2) is 0 Å². The molecule has 14 amide bonds. The number of likely N-dealkylation sites (tertiary alicyclic amines) is 2. The molecule has 4 rings (SSSR count). The van der Waals surface area contributed by atoms with Crippen molar-refractivity contribution in [2.75, 3.05) is 52.4 Å². The summed E-state index contributed by atoms with van der Waals surface area (Å²) in [7, 11) is 0. The van der Waals surface area contributed by atoms with Gasteiger partial charge in [-0.15, -0.1) is 0 Å². The molecule has 4 heterocycles. The number of amidine groups is 1. The Kier molecular flexibility index (Phi) is 28.5. The summed E-state index contributed by atoms with van der Waals surface area (Å²) in [5.41, 5.74) is -14.3.